The third-order valence-corrected chi connectivity index (χ3v) is 1.96. The molecule has 0 saturated carbocycles. The van der Waals surface area contributed by atoms with Gasteiger partial charge >= 0.3 is 0 Å². The van der Waals surface area contributed by atoms with Crippen molar-refractivity contribution >= 4 is 0 Å². The quantitative estimate of drug-likeness (QED) is 0.342. The van der Waals surface area contributed by atoms with Crippen molar-refractivity contribution in [2.75, 3.05) is 19.7 Å². The fourth-order valence-electron chi connectivity index (χ4n) is 1.14. The summed E-state index contributed by atoms with van der Waals surface area (Å²) in [5, 5.41) is 13.0. The van der Waals surface area contributed by atoms with E-state index in [1.165, 1.54) is 0 Å². The number of nitroso groups, excluding NO2 is 1. The van der Waals surface area contributed by atoms with Gasteiger partial charge in [-0.15, -0.1) is 4.91 Å². The fourth-order valence-corrected chi connectivity index (χ4v) is 1.14. The number of aliphatic hydroxyl groups excluding tert-OH is 1. The topological polar surface area (TPSA) is 52.9 Å². The van der Waals surface area contributed by atoms with Crippen LogP contribution in [0.1, 0.15) is 39.0 Å². The highest BCUT2D eigenvalue weighted by Gasteiger charge is 2.00. The van der Waals surface area contributed by atoms with Gasteiger partial charge in [0.25, 0.3) is 0 Å². The second-order valence-electron chi connectivity index (χ2n) is 3.17. The molecular formula is C9H20N2O2. The Balaban J connectivity index is 3.34. The van der Waals surface area contributed by atoms with Crippen molar-refractivity contribution in [1.82, 2.24) is 5.01 Å². The molecule has 0 unspecified atom stereocenters. The monoisotopic (exact) mass is 188 g/mol. The molecule has 0 aromatic rings. The van der Waals surface area contributed by atoms with Crippen molar-refractivity contribution in [3.63, 3.8) is 0 Å². The van der Waals surface area contributed by atoms with E-state index in [0.717, 1.165) is 38.6 Å². The van der Waals surface area contributed by atoms with Crippen LogP contribution >= 0.6 is 0 Å². The van der Waals surface area contributed by atoms with Crippen LogP contribution in [0, 0.1) is 4.91 Å². The lowest BCUT2D eigenvalue weighted by Gasteiger charge is -2.13. The van der Waals surface area contributed by atoms with Crippen molar-refractivity contribution in [2.24, 2.45) is 5.29 Å². The van der Waals surface area contributed by atoms with Crippen molar-refractivity contribution < 1.29 is 5.11 Å². The summed E-state index contributed by atoms with van der Waals surface area (Å²) in [6.07, 6.45) is 4.92. The molecule has 0 radical (unpaired) electrons. The minimum absolute atomic E-state index is 0.196. The van der Waals surface area contributed by atoms with Gasteiger partial charge < -0.3 is 5.11 Å². The molecule has 13 heavy (non-hydrogen) atoms. The number of nitrogens with zero attached hydrogens (tertiary/aromatic N) is 2. The van der Waals surface area contributed by atoms with Gasteiger partial charge in [-0.1, -0.05) is 19.8 Å². The van der Waals surface area contributed by atoms with Gasteiger partial charge in [0.2, 0.25) is 0 Å². The van der Waals surface area contributed by atoms with Crippen LogP contribution in [0.2, 0.25) is 0 Å². The molecule has 0 aliphatic carbocycles. The molecular weight excluding hydrogens is 168 g/mol. The molecule has 78 valence electrons. The first-order chi connectivity index (χ1) is 6.35. The zero-order valence-corrected chi connectivity index (χ0v) is 8.41. The molecule has 0 aliphatic rings. The standard InChI is InChI=1S/C9H20N2O2/c1-2-3-4-7-11(10-13)8-5-6-9-12/h12H,2-9H2,1H3. The average Bonchev–Trinajstić information content (AvgIpc) is 2.16. The first-order valence-corrected chi connectivity index (χ1v) is 5.04. The molecule has 0 saturated heterocycles. The van der Waals surface area contributed by atoms with Gasteiger partial charge in [-0.05, 0) is 19.3 Å². The number of aliphatic hydroxyl groups is 1. The van der Waals surface area contributed by atoms with Crippen LogP contribution < -0.4 is 0 Å². The summed E-state index contributed by atoms with van der Waals surface area (Å²) in [5.74, 6) is 0. The normalized spacial score (nSPS) is 10.0. The van der Waals surface area contributed by atoms with E-state index in [2.05, 4.69) is 12.2 Å². The van der Waals surface area contributed by atoms with Crippen LogP contribution in [0.25, 0.3) is 0 Å². The van der Waals surface area contributed by atoms with E-state index in [1.807, 2.05) is 0 Å². The van der Waals surface area contributed by atoms with Gasteiger partial charge in [-0.25, -0.2) is 0 Å². The molecule has 4 nitrogen and oxygen atoms in total. The van der Waals surface area contributed by atoms with E-state index in [0.29, 0.717) is 6.54 Å². The molecule has 0 heterocycles. The summed E-state index contributed by atoms with van der Waals surface area (Å²) in [5.41, 5.74) is 0. The van der Waals surface area contributed by atoms with Gasteiger partial charge in [0.05, 0.1) is 5.29 Å². The summed E-state index contributed by atoms with van der Waals surface area (Å²) in [4.78, 5) is 10.3. The molecule has 0 atom stereocenters. The van der Waals surface area contributed by atoms with E-state index in [1.54, 1.807) is 5.01 Å². The zero-order valence-electron chi connectivity index (χ0n) is 8.41. The van der Waals surface area contributed by atoms with Crippen LogP contribution in [0.15, 0.2) is 5.29 Å². The molecule has 0 amide bonds. The lowest BCUT2D eigenvalue weighted by molar-refractivity contribution is 0.243. The van der Waals surface area contributed by atoms with Crippen LogP contribution in [0.3, 0.4) is 0 Å². The molecule has 4 heteroatoms. The Labute approximate surface area is 79.9 Å². The predicted octanol–water partition coefficient (Wildman–Crippen LogP) is 1.93. The molecule has 0 aliphatic heterocycles. The maximum atomic E-state index is 10.3. The molecule has 0 rings (SSSR count). The minimum Gasteiger partial charge on any atom is -0.396 e. The van der Waals surface area contributed by atoms with Crippen LogP contribution in [-0.2, 0) is 0 Å². The summed E-state index contributed by atoms with van der Waals surface area (Å²) >= 11 is 0. The SMILES string of the molecule is CCCCCN(CCCCO)N=O. The highest BCUT2D eigenvalue weighted by atomic mass is 16.3. The summed E-state index contributed by atoms with van der Waals surface area (Å²) in [6, 6.07) is 0. The molecule has 0 fully saturated rings. The van der Waals surface area contributed by atoms with Gasteiger partial charge in [0.15, 0.2) is 0 Å². The van der Waals surface area contributed by atoms with E-state index < -0.39 is 0 Å². The van der Waals surface area contributed by atoms with Gasteiger partial charge in [0.1, 0.15) is 0 Å². The third-order valence-electron chi connectivity index (χ3n) is 1.96. The second kappa shape index (κ2) is 9.45. The van der Waals surface area contributed by atoms with E-state index in [9.17, 15) is 4.91 Å². The van der Waals surface area contributed by atoms with E-state index >= 15 is 0 Å². The zero-order chi connectivity index (χ0) is 9.94. The maximum absolute atomic E-state index is 10.3. The second-order valence-corrected chi connectivity index (χ2v) is 3.17. The largest absolute Gasteiger partial charge is 0.396 e. The Morgan fingerprint density at radius 2 is 1.77 bits per heavy atom. The molecule has 0 aromatic carbocycles. The first kappa shape index (κ1) is 12.4. The van der Waals surface area contributed by atoms with Gasteiger partial charge in [-0.2, -0.15) is 0 Å². The number of hydrogen-bond acceptors (Lipinski definition) is 3. The average molecular weight is 188 g/mol. The highest BCUT2D eigenvalue weighted by molar-refractivity contribution is 4.52. The summed E-state index contributed by atoms with van der Waals surface area (Å²) in [6.45, 7) is 3.75. The summed E-state index contributed by atoms with van der Waals surface area (Å²) in [7, 11) is 0. The minimum atomic E-state index is 0.196. The molecule has 0 spiro atoms. The molecule has 0 aromatic heterocycles. The Bertz CT molecular complexity index is 110. The predicted molar refractivity (Wildman–Crippen MR) is 53.2 cm³/mol. The number of hydrogen-bond donors (Lipinski definition) is 1. The number of rotatable bonds is 9. The Morgan fingerprint density at radius 1 is 1.15 bits per heavy atom. The van der Waals surface area contributed by atoms with E-state index in [-0.39, 0.29) is 6.61 Å². The van der Waals surface area contributed by atoms with Crippen molar-refractivity contribution in [1.29, 1.82) is 0 Å². The lowest BCUT2D eigenvalue weighted by atomic mass is 10.2. The Kier molecular flexibility index (Phi) is 8.98. The van der Waals surface area contributed by atoms with Crippen molar-refractivity contribution in [3.05, 3.63) is 4.91 Å². The highest BCUT2D eigenvalue weighted by Crippen LogP contribution is 2.00. The number of unbranched alkanes of at least 4 members (excludes halogenated alkanes) is 3. The van der Waals surface area contributed by atoms with Gasteiger partial charge in [-0.3, -0.25) is 5.01 Å². The lowest BCUT2D eigenvalue weighted by Crippen LogP contribution is -2.19. The maximum Gasteiger partial charge on any atom is 0.0523 e. The van der Waals surface area contributed by atoms with Crippen LogP contribution in [0.5, 0.6) is 0 Å². The molecule has 0 bridgehead atoms. The fraction of sp³-hybridized carbons (Fsp3) is 1.00. The third kappa shape index (κ3) is 7.71. The Morgan fingerprint density at radius 3 is 2.23 bits per heavy atom. The smallest absolute Gasteiger partial charge is 0.0523 e. The van der Waals surface area contributed by atoms with Crippen LogP contribution in [-0.4, -0.2) is 29.8 Å². The summed E-state index contributed by atoms with van der Waals surface area (Å²) < 4.78 is 0. The van der Waals surface area contributed by atoms with Crippen LogP contribution in [0.4, 0.5) is 0 Å². The van der Waals surface area contributed by atoms with Crippen molar-refractivity contribution in [3.8, 4) is 0 Å². The van der Waals surface area contributed by atoms with Gasteiger partial charge in [0, 0.05) is 19.7 Å². The van der Waals surface area contributed by atoms with Crippen molar-refractivity contribution in [2.45, 2.75) is 39.0 Å². The molecule has 1 N–H and O–H groups in total. The first-order valence-electron chi connectivity index (χ1n) is 5.04. The van der Waals surface area contributed by atoms with E-state index in [4.69, 9.17) is 5.11 Å². The Hall–Kier alpha value is -0.640.